The van der Waals surface area contributed by atoms with Crippen LogP contribution in [0.3, 0.4) is 0 Å². The maximum atomic E-state index is 5.62. The molecular formula is C12H24N2O. The van der Waals surface area contributed by atoms with Crippen LogP contribution in [0.15, 0.2) is 0 Å². The third-order valence-electron chi connectivity index (χ3n) is 3.74. The van der Waals surface area contributed by atoms with Crippen LogP contribution in [-0.2, 0) is 4.74 Å². The molecule has 0 radical (unpaired) electrons. The molecule has 2 aliphatic heterocycles. The van der Waals surface area contributed by atoms with Gasteiger partial charge in [0.25, 0.3) is 0 Å². The molecule has 0 aromatic heterocycles. The van der Waals surface area contributed by atoms with Crippen molar-refractivity contribution in [1.82, 2.24) is 10.2 Å². The highest BCUT2D eigenvalue weighted by Crippen LogP contribution is 2.22. The van der Waals surface area contributed by atoms with Crippen molar-refractivity contribution in [2.45, 2.75) is 57.8 Å². The first-order chi connectivity index (χ1) is 7.16. The van der Waals surface area contributed by atoms with Crippen LogP contribution in [0.5, 0.6) is 0 Å². The summed E-state index contributed by atoms with van der Waals surface area (Å²) in [5.74, 6) is 0. The minimum absolute atomic E-state index is 0.446. The smallest absolute Gasteiger partial charge is 0.0561 e. The second-order valence-corrected chi connectivity index (χ2v) is 5.21. The van der Waals surface area contributed by atoms with Crippen LogP contribution >= 0.6 is 0 Å². The first-order valence-corrected chi connectivity index (χ1v) is 6.27. The zero-order chi connectivity index (χ0) is 10.8. The van der Waals surface area contributed by atoms with Gasteiger partial charge in [-0.2, -0.15) is 0 Å². The van der Waals surface area contributed by atoms with Gasteiger partial charge in [0, 0.05) is 37.8 Å². The Bertz CT molecular complexity index is 210. The summed E-state index contributed by atoms with van der Waals surface area (Å²) >= 11 is 0. The third kappa shape index (κ3) is 2.71. The number of hydrogen-bond donors (Lipinski definition) is 1. The van der Waals surface area contributed by atoms with E-state index in [0.717, 1.165) is 19.2 Å². The van der Waals surface area contributed by atoms with Crippen LogP contribution in [0.4, 0.5) is 0 Å². The van der Waals surface area contributed by atoms with Crippen molar-refractivity contribution in [2.24, 2.45) is 0 Å². The number of piperazine rings is 1. The second kappa shape index (κ2) is 4.81. The number of nitrogens with zero attached hydrogens (tertiary/aromatic N) is 1. The summed E-state index contributed by atoms with van der Waals surface area (Å²) in [5.41, 5.74) is 0. The number of nitrogens with one attached hydrogen (secondary N) is 1. The maximum Gasteiger partial charge on any atom is 0.0561 e. The van der Waals surface area contributed by atoms with Crippen LogP contribution in [0.2, 0.25) is 0 Å². The van der Waals surface area contributed by atoms with Gasteiger partial charge in [-0.05, 0) is 33.6 Å². The zero-order valence-electron chi connectivity index (χ0n) is 10.2. The molecule has 2 rings (SSSR count). The average molecular weight is 212 g/mol. The molecule has 0 bridgehead atoms. The molecule has 3 nitrogen and oxygen atoms in total. The van der Waals surface area contributed by atoms with Crippen molar-refractivity contribution >= 4 is 0 Å². The van der Waals surface area contributed by atoms with Crippen LogP contribution < -0.4 is 5.32 Å². The van der Waals surface area contributed by atoms with E-state index in [0.29, 0.717) is 18.2 Å². The Morgan fingerprint density at radius 2 is 2.07 bits per heavy atom. The second-order valence-electron chi connectivity index (χ2n) is 5.21. The van der Waals surface area contributed by atoms with Gasteiger partial charge in [-0.1, -0.05) is 0 Å². The summed E-state index contributed by atoms with van der Waals surface area (Å²) in [7, 11) is 0. The van der Waals surface area contributed by atoms with Crippen molar-refractivity contribution in [1.29, 1.82) is 0 Å². The Labute approximate surface area is 93.2 Å². The highest BCUT2D eigenvalue weighted by atomic mass is 16.5. The molecule has 2 saturated heterocycles. The summed E-state index contributed by atoms with van der Waals surface area (Å²) in [6.45, 7) is 10.1. The van der Waals surface area contributed by atoms with Gasteiger partial charge in [-0.25, -0.2) is 0 Å². The quantitative estimate of drug-likeness (QED) is 0.707. The third-order valence-corrected chi connectivity index (χ3v) is 3.74. The molecule has 0 amide bonds. The van der Waals surface area contributed by atoms with Crippen LogP contribution in [0, 0.1) is 0 Å². The van der Waals surface area contributed by atoms with E-state index in [1.165, 1.54) is 19.4 Å². The van der Waals surface area contributed by atoms with E-state index in [1.807, 2.05) is 0 Å². The predicted molar refractivity (Wildman–Crippen MR) is 62.1 cm³/mol. The molecule has 3 heteroatoms. The summed E-state index contributed by atoms with van der Waals surface area (Å²) < 4.78 is 5.62. The molecule has 4 atom stereocenters. The van der Waals surface area contributed by atoms with Crippen molar-refractivity contribution in [2.75, 3.05) is 19.7 Å². The highest BCUT2D eigenvalue weighted by molar-refractivity contribution is 4.88. The molecule has 2 aliphatic rings. The van der Waals surface area contributed by atoms with Gasteiger partial charge < -0.3 is 10.1 Å². The highest BCUT2D eigenvalue weighted by Gasteiger charge is 2.31. The summed E-state index contributed by atoms with van der Waals surface area (Å²) in [5, 5.41) is 3.54. The average Bonchev–Trinajstić information content (AvgIpc) is 2.22. The van der Waals surface area contributed by atoms with Crippen LogP contribution in [-0.4, -0.2) is 48.8 Å². The lowest BCUT2D eigenvalue weighted by Gasteiger charge is -2.44. The van der Waals surface area contributed by atoms with Gasteiger partial charge in [-0.3, -0.25) is 4.90 Å². The van der Waals surface area contributed by atoms with E-state index in [-0.39, 0.29) is 0 Å². The molecule has 0 saturated carbocycles. The summed E-state index contributed by atoms with van der Waals surface area (Å²) in [6, 6.07) is 2.06. The van der Waals surface area contributed by atoms with Crippen molar-refractivity contribution in [3.05, 3.63) is 0 Å². The zero-order valence-corrected chi connectivity index (χ0v) is 10.2. The summed E-state index contributed by atoms with van der Waals surface area (Å²) in [4.78, 5) is 2.68. The lowest BCUT2D eigenvalue weighted by molar-refractivity contribution is -0.0343. The van der Waals surface area contributed by atoms with Crippen molar-refractivity contribution in [3.8, 4) is 0 Å². The monoisotopic (exact) mass is 212 g/mol. The fraction of sp³-hybridized carbons (Fsp3) is 1.00. The topological polar surface area (TPSA) is 24.5 Å². The first-order valence-electron chi connectivity index (χ1n) is 6.27. The molecule has 4 unspecified atom stereocenters. The Balaban J connectivity index is 1.94. The minimum Gasteiger partial charge on any atom is -0.378 e. The van der Waals surface area contributed by atoms with E-state index in [4.69, 9.17) is 4.74 Å². The van der Waals surface area contributed by atoms with Crippen LogP contribution in [0.25, 0.3) is 0 Å². The number of rotatable bonds is 1. The van der Waals surface area contributed by atoms with Gasteiger partial charge in [0.15, 0.2) is 0 Å². The standard InChI is InChI=1S/C12H24N2O/c1-9-8-14(10(2)7-13-9)12-4-5-15-11(3)6-12/h9-13H,4-8H2,1-3H3. The molecule has 2 fully saturated rings. The molecule has 0 aliphatic carbocycles. The molecule has 15 heavy (non-hydrogen) atoms. The maximum absolute atomic E-state index is 5.62. The SMILES string of the molecule is CC1CN(C2CCOC(C)C2)C(C)CN1. The van der Waals surface area contributed by atoms with E-state index >= 15 is 0 Å². The largest absolute Gasteiger partial charge is 0.378 e. The molecular weight excluding hydrogens is 188 g/mol. The van der Waals surface area contributed by atoms with E-state index in [9.17, 15) is 0 Å². The normalized spacial score (nSPS) is 44.2. The molecule has 0 spiro atoms. The molecule has 0 aromatic carbocycles. The van der Waals surface area contributed by atoms with Crippen molar-refractivity contribution < 1.29 is 4.74 Å². The number of hydrogen-bond acceptors (Lipinski definition) is 3. The Morgan fingerprint density at radius 3 is 2.80 bits per heavy atom. The Morgan fingerprint density at radius 1 is 1.27 bits per heavy atom. The fourth-order valence-electron chi connectivity index (χ4n) is 2.83. The van der Waals surface area contributed by atoms with Crippen LogP contribution in [0.1, 0.15) is 33.6 Å². The number of ether oxygens (including phenoxy) is 1. The Hall–Kier alpha value is -0.120. The molecule has 1 N–H and O–H groups in total. The van der Waals surface area contributed by atoms with Gasteiger partial charge >= 0.3 is 0 Å². The Kier molecular flexibility index (Phi) is 3.65. The van der Waals surface area contributed by atoms with E-state index in [1.54, 1.807) is 0 Å². The van der Waals surface area contributed by atoms with E-state index < -0.39 is 0 Å². The molecule has 0 aromatic rings. The fourth-order valence-corrected chi connectivity index (χ4v) is 2.83. The lowest BCUT2D eigenvalue weighted by atomic mass is 9.98. The lowest BCUT2D eigenvalue weighted by Crippen LogP contribution is -2.58. The molecule has 2 heterocycles. The summed E-state index contributed by atoms with van der Waals surface area (Å²) in [6.07, 6.45) is 2.86. The van der Waals surface area contributed by atoms with Gasteiger partial charge in [0.1, 0.15) is 0 Å². The van der Waals surface area contributed by atoms with Gasteiger partial charge in [0.2, 0.25) is 0 Å². The molecule has 88 valence electrons. The van der Waals surface area contributed by atoms with Crippen molar-refractivity contribution in [3.63, 3.8) is 0 Å². The van der Waals surface area contributed by atoms with Gasteiger partial charge in [0.05, 0.1) is 6.10 Å². The van der Waals surface area contributed by atoms with E-state index in [2.05, 4.69) is 31.0 Å². The predicted octanol–water partition coefficient (Wildman–Crippen LogP) is 1.24. The van der Waals surface area contributed by atoms with Gasteiger partial charge in [-0.15, -0.1) is 0 Å². The first kappa shape index (κ1) is 11.4. The minimum atomic E-state index is 0.446.